The van der Waals surface area contributed by atoms with Gasteiger partial charge in [0.05, 0.1) is 6.61 Å². The zero-order chi connectivity index (χ0) is 18.4. The molecule has 3 nitrogen and oxygen atoms in total. The van der Waals surface area contributed by atoms with Crippen molar-refractivity contribution in [1.29, 1.82) is 0 Å². The third-order valence-corrected chi connectivity index (χ3v) is 5.33. The molecule has 0 amide bonds. The maximum absolute atomic E-state index is 13.7. The van der Waals surface area contributed by atoms with Gasteiger partial charge in [0.25, 0.3) is 0 Å². The van der Waals surface area contributed by atoms with Gasteiger partial charge in [-0.15, -0.1) is 11.8 Å². The number of carbonyl (C=O) groups excluding carboxylic acids is 1. The Morgan fingerprint density at radius 2 is 2.00 bits per heavy atom. The van der Waals surface area contributed by atoms with Crippen LogP contribution in [0, 0.1) is 11.2 Å². The summed E-state index contributed by atoms with van der Waals surface area (Å²) in [5, 5.41) is 9.40. The van der Waals surface area contributed by atoms with Gasteiger partial charge in [0.1, 0.15) is 5.82 Å². The third kappa shape index (κ3) is 5.39. The summed E-state index contributed by atoms with van der Waals surface area (Å²) in [5.41, 5.74) is 1.45. The molecule has 0 unspecified atom stereocenters. The molecule has 0 atom stereocenters. The molecule has 2 aromatic rings. The van der Waals surface area contributed by atoms with Crippen LogP contribution < -0.4 is 0 Å². The lowest BCUT2D eigenvalue weighted by atomic mass is 9.98. The van der Waals surface area contributed by atoms with E-state index in [1.54, 1.807) is 31.4 Å². The minimum absolute atomic E-state index is 0.0452. The van der Waals surface area contributed by atoms with Crippen LogP contribution in [0.15, 0.2) is 47.4 Å². The molecule has 0 bridgehead atoms. The number of rotatable bonds is 8. The van der Waals surface area contributed by atoms with E-state index in [1.807, 2.05) is 19.9 Å². The van der Waals surface area contributed by atoms with Crippen LogP contribution in [0.3, 0.4) is 0 Å². The highest BCUT2D eigenvalue weighted by atomic mass is 32.2. The van der Waals surface area contributed by atoms with Crippen LogP contribution in [0.2, 0.25) is 0 Å². The topological polar surface area (TPSA) is 46.5 Å². The second-order valence-electron chi connectivity index (χ2n) is 6.71. The molecule has 0 spiro atoms. The standard InChI is InChI=1S/C20H23FO3S/c1-20(2,12-22)13-25-18-8-7-16(21)10-17(18)19(23)15-6-4-5-14(9-15)11-24-3/h4-10,22H,11-13H2,1-3H3. The quantitative estimate of drug-likeness (QED) is 0.561. The number of hydrogen-bond acceptors (Lipinski definition) is 4. The van der Waals surface area contributed by atoms with Crippen LogP contribution in [0.5, 0.6) is 0 Å². The Morgan fingerprint density at radius 3 is 2.68 bits per heavy atom. The van der Waals surface area contributed by atoms with Crippen molar-refractivity contribution < 1.29 is 19.0 Å². The van der Waals surface area contributed by atoms with Crippen molar-refractivity contribution in [3.8, 4) is 0 Å². The fraction of sp³-hybridized carbons (Fsp3) is 0.350. The van der Waals surface area contributed by atoms with Crippen LogP contribution in [0.25, 0.3) is 0 Å². The normalized spacial score (nSPS) is 11.6. The summed E-state index contributed by atoms with van der Waals surface area (Å²) in [6.07, 6.45) is 0. The first kappa shape index (κ1) is 19.6. The van der Waals surface area contributed by atoms with Gasteiger partial charge in [-0.2, -0.15) is 0 Å². The second-order valence-corrected chi connectivity index (χ2v) is 7.73. The van der Waals surface area contributed by atoms with Crippen LogP contribution >= 0.6 is 11.8 Å². The van der Waals surface area contributed by atoms with E-state index in [4.69, 9.17) is 4.74 Å². The Labute approximate surface area is 152 Å². The molecule has 0 aromatic heterocycles. The number of aliphatic hydroxyl groups excluding tert-OH is 1. The first-order chi connectivity index (χ1) is 11.9. The van der Waals surface area contributed by atoms with Crippen molar-refractivity contribution in [2.45, 2.75) is 25.3 Å². The zero-order valence-corrected chi connectivity index (χ0v) is 15.5. The summed E-state index contributed by atoms with van der Waals surface area (Å²) >= 11 is 1.45. The van der Waals surface area contributed by atoms with Crippen LogP contribution in [-0.4, -0.2) is 30.4 Å². The predicted molar refractivity (Wildman–Crippen MR) is 98.6 cm³/mol. The molecule has 2 aromatic carbocycles. The largest absolute Gasteiger partial charge is 0.396 e. The minimum atomic E-state index is -0.442. The lowest BCUT2D eigenvalue weighted by molar-refractivity contribution is 0.103. The Balaban J connectivity index is 2.32. The lowest BCUT2D eigenvalue weighted by Gasteiger charge is -2.21. The molecule has 0 aliphatic carbocycles. The molecular weight excluding hydrogens is 339 g/mol. The Morgan fingerprint density at radius 1 is 1.24 bits per heavy atom. The summed E-state index contributed by atoms with van der Waals surface area (Å²) < 4.78 is 18.8. The van der Waals surface area contributed by atoms with E-state index in [2.05, 4.69) is 0 Å². The molecule has 5 heteroatoms. The highest BCUT2D eigenvalue weighted by Crippen LogP contribution is 2.31. The van der Waals surface area contributed by atoms with E-state index in [1.165, 1.54) is 23.9 Å². The lowest BCUT2D eigenvalue weighted by Crippen LogP contribution is -2.19. The van der Waals surface area contributed by atoms with Crippen LogP contribution in [-0.2, 0) is 11.3 Å². The van der Waals surface area contributed by atoms with Gasteiger partial charge in [-0.1, -0.05) is 32.0 Å². The molecule has 0 aliphatic heterocycles. The van der Waals surface area contributed by atoms with E-state index in [0.717, 1.165) is 5.56 Å². The number of thioether (sulfide) groups is 1. The van der Waals surface area contributed by atoms with E-state index >= 15 is 0 Å². The summed E-state index contributed by atoms with van der Waals surface area (Å²) in [4.78, 5) is 13.6. The monoisotopic (exact) mass is 362 g/mol. The molecule has 134 valence electrons. The summed E-state index contributed by atoms with van der Waals surface area (Å²) in [6.45, 7) is 4.35. The highest BCUT2D eigenvalue weighted by molar-refractivity contribution is 7.99. The number of methoxy groups -OCH3 is 1. The fourth-order valence-electron chi connectivity index (χ4n) is 2.25. The van der Waals surface area contributed by atoms with E-state index in [9.17, 15) is 14.3 Å². The van der Waals surface area contributed by atoms with Crippen molar-refractivity contribution in [3.63, 3.8) is 0 Å². The molecular formula is C20H23FO3S. The SMILES string of the molecule is COCc1cccc(C(=O)c2cc(F)ccc2SCC(C)(C)CO)c1. The minimum Gasteiger partial charge on any atom is -0.396 e. The van der Waals surface area contributed by atoms with Gasteiger partial charge in [-0.25, -0.2) is 4.39 Å². The van der Waals surface area contributed by atoms with Crippen molar-refractivity contribution in [3.05, 3.63) is 65.0 Å². The summed E-state index contributed by atoms with van der Waals surface area (Å²) in [7, 11) is 1.60. The molecule has 25 heavy (non-hydrogen) atoms. The smallest absolute Gasteiger partial charge is 0.194 e. The van der Waals surface area contributed by atoms with Crippen LogP contribution in [0.1, 0.15) is 35.3 Å². The van der Waals surface area contributed by atoms with E-state index < -0.39 is 5.82 Å². The molecule has 0 saturated heterocycles. The summed E-state index contributed by atoms with van der Waals surface area (Å²) in [6, 6.07) is 11.4. The first-order valence-electron chi connectivity index (χ1n) is 8.02. The Kier molecular flexibility index (Phi) is 6.76. The van der Waals surface area contributed by atoms with Gasteiger partial charge in [0, 0.05) is 35.5 Å². The average molecular weight is 362 g/mol. The number of ether oxygens (including phenoxy) is 1. The maximum atomic E-state index is 13.7. The van der Waals surface area contributed by atoms with Crippen molar-refractivity contribution in [1.82, 2.24) is 0 Å². The fourth-order valence-corrected chi connectivity index (χ4v) is 3.36. The van der Waals surface area contributed by atoms with E-state index in [-0.39, 0.29) is 17.8 Å². The number of benzene rings is 2. The van der Waals surface area contributed by atoms with Gasteiger partial charge < -0.3 is 9.84 Å². The molecule has 0 aliphatic rings. The number of aliphatic hydroxyl groups is 1. The Bertz CT molecular complexity index is 743. The van der Waals surface area contributed by atoms with Gasteiger partial charge in [0.15, 0.2) is 5.78 Å². The van der Waals surface area contributed by atoms with Crippen molar-refractivity contribution >= 4 is 17.5 Å². The van der Waals surface area contributed by atoms with Gasteiger partial charge in [0.2, 0.25) is 0 Å². The highest BCUT2D eigenvalue weighted by Gasteiger charge is 2.20. The predicted octanol–water partition coefficient (Wildman–Crippen LogP) is 4.31. The number of halogens is 1. The molecule has 0 radical (unpaired) electrons. The van der Waals surface area contributed by atoms with Gasteiger partial charge in [-0.05, 0) is 35.2 Å². The third-order valence-electron chi connectivity index (χ3n) is 3.73. The van der Waals surface area contributed by atoms with Crippen molar-refractivity contribution in [2.24, 2.45) is 5.41 Å². The van der Waals surface area contributed by atoms with Gasteiger partial charge in [-0.3, -0.25) is 4.79 Å². The number of ketones is 1. The second kappa shape index (κ2) is 8.61. The van der Waals surface area contributed by atoms with Crippen molar-refractivity contribution in [2.75, 3.05) is 19.5 Å². The molecule has 0 fully saturated rings. The maximum Gasteiger partial charge on any atom is 0.194 e. The molecule has 2 rings (SSSR count). The molecule has 1 N–H and O–H groups in total. The molecule has 0 saturated carbocycles. The number of hydrogen-bond donors (Lipinski definition) is 1. The van der Waals surface area contributed by atoms with Crippen LogP contribution in [0.4, 0.5) is 4.39 Å². The van der Waals surface area contributed by atoms with E-state index in [0.29, 0.717) is 28.4 Å². The molecule has 0 heterocycles. The Hall–Kier alpha value is -1.69. The zero-order valence-electron chi connectivity index (χ0n) is 14.7. The average Bonchev–Trinajstić information content (AvgIpc) is 2.60. The number of carbonyl (C=O) groups is 1. The van der Waals surface area contributed by atoms with Gasteiger partial charge >= 0.3 is 0 Å². The summed E-state index contributed by atoms with van der Waals surface area (Å²) in [5.74, 6) is -0.0389. The first-order valence-corrected chi connectivity index (χ1v) is 9.00.